The van der Waals surface area contributed by atoms with Crippen molar-refractivity contribution in [3.63, 3.8) is 0 Å². The van der Waals surface area contributed by atoms with Crippen LogP contribution in [0.2, 0.25) is 0 Å². The van der Waals surface area contributed by atoms with E-state index in [-0.39, 0.29) is 50.1 Å². The molecular formula is C39H46O11. The van der Waals surface area contributed by atoms with Crippen LogP contribution in [-0.2, 0) is 38.1 Å². The minimum absolute atomic E-state index is 0.0107. The first-order valence-corrected chi connectivity index (χ1v) is 16.7. The van der Waals surface area contributed by atoms with Gasteiger partial charge in [0.15, 0.2) is 0 Å². The third-order valence-electron chi connectivity index (χ3n) is 7.47. The van der Waals surface area contributed by atoms with Crippen LogP contribution in [0.1, 0.15) is 68.7 Å². The summed E-state index contributed by atoms with van der Waals surface area (Å²) >= 11 is 0. The lowest BCUT2D eigenvalue weighted by molar-refractivity contribution is -0.166. The molecule has 268 valence electrons. The van der Waals surface area contributed by atoms with E-state index in [9.17, 15) is 24.0 Å². The molecule has 50 heavy (non-hydrogen) atoms. The van der Waals surface area contributed by atoms with E-state index in [4.69, 9.17) is 28.4 Å². The Hall–Kier alpha value is -5.19. The Morgan fingerprint density at radius 1 is 0.520 bits per heavy atom. The van der Waals surface area contributed by atoms with E-state index in [1.807, 2.05) is 54.6 Å². The number of esters is 5. The van der Waals surface area contributed by atoms with Gasteiger partial charge >= 0.3 is 29.8 Å². The monoisotopic (exact) mass is 690 g/mol. The molecule has 0 spiro atoms. The largest absolute Gasteiger partial charge is 0.490 e. The van der Waals surface area contributed by atoms with Crippen LogP contribution in [0.15, 0.2) is 78.9 Å². The third kappa shape index (κ3) is 12.4. The number of carbonyl (C=O) groups is 5. The van der Waals surface area contributed by atoms with E-state index < -0.39 is 53.7 Å². The van der Waals surface area contributed by atoms with Crippen LogP contribution in [0.4, 0.5) is 0 Å². The van der Waals surface area contributed by atoms with Crippen molar-refractivity contribution < 1.29 is 52.4 Å². The van der Waals surface area contributed by atoms with Crippen LogP contribution in [0.3, 0.4) is 0 Å². The first-order valence-electron chi connectivity index (χ1n) is 16.7. The van der Waals surface area contributed by atoms with Crippen molar-refractivity contribution in [2.24, 2.45) is 17.8 Å². The number of ether oxygens (including phenoxy) is 6. The molecule has 3 aromatic rings. The maximum Gasteiger partial charge on any atom is 0.339 e. The summed E-state index contributed by atoms with van der Waals surface area (Å²) in [5.41, 5.74) is 2.14. The van der Waals surface area contributed by atoms with E-state index in [0.29, 0.717) is 5.75 Å². The van der Waals surface area contributed by atoms with Crippen molar-refractivity contribution in [1.29, 1.82) is 0 Å². The summed E-state index contributed by atoms with van der Waals surface area (Å²) in [6.45, 7) is 9.41. The number of hydrogen-bond donors (Lipinski definition) is 0. The molecule has 0 amide bonds. The molecule has 0 aliphatic heterocycles. The maximum absolute atomic E-state index is 12.8. The minimum Gasteiger partial charge on any atom is -0.490 e. The van der Waals surface area contributed by atoms with E-state index >= 15 is 0 Å². The van der Waals surface area contributed by atoms with Gasteiger partial charge in [-0.05, 0) is 69.5 Å². The van der Waals surface area contributed by atoms with Gasteiger partial charge in [0.2, 0.25) is 0 Å². The first kappa shape index (κ1) is 39.3. The number of benzene rings is 3. The third-order valence-corrected chi connectivity index (χ3v) is 7.47. The molecule has 11 heteroatoms. The Balaban J connectivity index is 1.45. The number of carbonyl (C=O) groups excluding carboxylic acids is 5. The molecule has 0 aromatic heterocycles. The van der Waals surface area contributed by atoms with Gasteiger partial charge in [-0.1, -0.05) is 68.4 Å². The lowest BCUT2D eigenvalue weighted by Crippen LogP contribution is -2.35. The van der Waals surface area contributed by atoms with Gasteiger partial charge in [-0.2, -0.15) is 0 Å². The SMILES string of the molecule is CC(C)OC(=O)C(C)C(CC(C)C(=O)OCCOC(=O)c1ccccc1C(=O)OCCOc1ccc(-c2ccccc2)cc1)C(=O)OC(C)C. The van der Waals surface area contributed by atoms with E-state index in [1.54, 1.807) is 53.7 Å². The van der Waals surface area contributed by atoms with Crippen LogP contribution in [-0.4, -0.2) is 68.5 Å². The standard InChI is InChI=1S/C39H46O11/c1-25(2)49-36(41)28(6)34(39(44)50-26(3)4)24-27(5)35(40)46-22-23-48-38(43)33-15-11-10-14-32(33)37(42)47-21-20-45-31-18-16-30(17-19-31)29-12-8-7-9-13-29/h7-19,25-28,34H,20-24H2,1-6H3. The van der Waals surface area contributed by atoms with Gasteiger partial charge in [-0.3, -0.25) is 14.4 Å². The molecule has 0 aliphatic rings. The second-order valence-electron chi connectivity index (χ2n) is 12.2. The average Bonchev–Trinajstić information content (AvgIpc) is 3.10. The molecule has 0 N–H and O–H groups in total. The summed E-state index contributed by atoms with van der Waals surface area (Å²) in [6, 6.07) is 23.5. The molecule has 0 saturated carbocycles. The zero-order valence-electron chi connectivity index (χ0n) is 29.4. The van der Waals surface area contributed by atoms with Crippen molar-refractivity contribution in [2.45, 2.75) is 60.2 Å². The van der Waals surface area contributed by atoms with Crippen LogP contribution < -0.4 is 4.74 Å². The van der Waals surface area contributed by atoms with Crippen LogP contribution in [0.25, 0.3) is 11.1 Å². The predicted octanol–water partition coefficient (Wildman–Crippen LogP) is 6.47. The fraction of sp³-hybridized carbons (Fsp3) is 0.410. The molecule has 3 atom stereocenters. The fourth-order valence-corrected chi connectivity index (χ4v) is 4.89. The molecular weight excluding hydrogens is 644 g/mol. The first-order chi connectivity index (χ1) is 23.9. The van der Waals surface area contributed by atoms with Gasteiger partial charge in [0.05, 0.1) is 41.1 Å². The Bertz CT molecular complexity index is 1560. The molecule has 0 saturated heterocycles. The summed E-state index contributed by atoms with van der Waals surface area (Å²) in [6.07, 6.45) is -0.797. The molecule has 0 heterocycles. The fourth-order valence-electron chi connectivity index (χ4n) is 4.89. The smallest absolute Gasteiger partial charge is 0.339 e. The molecule has 0 bridgehead atoms. The maximum atomic E-state index is 12.8. The Kier molecular flexibility index (Phi) is 15.5. The van der Waals surface area contributed by atoms with E-state index in [0.717, 1.165) is 11.1 Å². The Labute approximate surface area is 293 Å². The van der Waals surface area contributed by atoms with Gasteiger partial charge in [-0.25, -0.2) is 9.59 Å². The van der Waals surface area contributed by atoms with Crippen LogP contribution in [0, 0.1) is 17.8 Å². The summed E-state index contributed by atoms with van der Waals surface area (Å²) < 4.78 is 32.2. The van der Waals surface area contributed by atoms with Gasteiger partial charge in [-0.15, -0.1) is 0 Å². The van der Waals surface area contributed by atoms with Gasteiger partial charge in [0.25, 0.3) is 0 Å². The molecule has 3 aromatic carbocycles. The van der Waals surface area contributed by atoms with Crippen molar-refractivity contribution in [2.75, 3.05) is 26.4 Å². The van der Waals surface area contributed by atoms with E-state index in [1.165, 1.54) is 12.1 Å². The summed E-state index contributed by atoms with van der Waals surface area (Å²) in [5, 5.41) is 0. The quantitative estimate of drug-likeness (QED) is 0.0824. The lowest BCUT2D eigenvalue weighted by Gasteiger charge is -2.25. The number of hydrogen-bond acceptors (Lipinski definition) is 11. The summed E-state index contributed by atoms with van der Waals surface area (Å²) in [4.78, 5) is 63.7. The molecule has 3 rings (SSSR count). The van der Waals surface area contributed by atoms with Gasteiger partial charge in [0.1, 0.15) is 32.2 Å². The summed E-state index contributed by atoms with van der Waals surface area (Å²) in [5.74, 6) is -5.29. The highest BCUT2D eigenvalue weighted by molar-refractivity contribution is 6.03. The minimum atomic E-state index is -0.932. The topological polar surface area (TPSA) is 141 Å². The average molecular weight is 691 g/mol. The predicted molar refractivity (Wildman–Crippen MR) is 184 cm³/mol. The molecule has 0 fully saturated rings. The normalized spacial score (nSPS) is 12.7. The lowest BCUT2D eigenvalue weighted by atomic mass is 9.85. The van der Waals surface area contributed by atoms with Gasteiger partial charge in [0, 0.05) is 0 Å². The van der Waals surface area contributed by atoms with Crippen molar-refractivity contribution in [3.8, 4) is 16.9 Å². The van der Waals surface area contributed by atoms with Crippen molar-refractivity contribution in [3.05, 3.63) is 90.0 Å². The Morgan fingerprint density at radius 3 is 1.56 bits per heavy atom. The molecule has 0 aliphatic carbocycles. The second kappa shape index (κ2) is 19.7. The molecule has 0 radical (unpaired) electrons. The Morgan fingerprint density at radius 2 is 1.00 bits per heavy atom. The van der Waals surface area contributed by atoms with Crippen LogP contribution in [0.5, 0.6) is 5.75 Å². The van der Waals surface area contributed by atoms with Crippen molar-refractivity contribution in [1.82, 2.24) is 0 Å². The van der Waals surface area contributed by atoms with E-state index in [2.05, 4.69) is 0 Å². The highest BCUT2D eigenvalue weighted by atomic mass is 16.6. The zero-order valence-corrected chi connectivity index (χ0v) is 29.4. The number of rotatable bonds is 18. The highest BCUT2D eigenvalue weighted by Gasteiger charge is 2.36. The highest BCUT2D eigenvalue weighted by Crippen LogP contribution is 2.26. The molecule has 3 unspecified atom stereocenters. The second-order valence-corrected chi connectivity index (χ2v) is 12.2. The zero-order chi connectivity index (χ0) is 36.6. The molecule has 11 nitrogen and oxygen atoms in total. The van der Waals surface area contributed by atoms with Crippen molar-refractivity contribution >= 4 is 29.8 Å². The van der Waals surface area contributed by atoms with Gasteiger partial charge < -0.3 is 28.4 Å². The summed E-state index contributed by atoms with van der Waals surface area (Å²) in [7, 11) is 0. The van der Waals surface area contributed by atoms with Crippen LogP contribution >= 0.6 is 0 Å².